The zero-order valence-corrected chi connectivity index (χ0v) is 17.2. The van der Waals surface area contributed by atoms with Gasteiger partial charge in [0.05, 0.1) is 10.7 Å². The molecule has 1 saturated carbocycles. The minimum absolute atomic E-state index is 0.464. The second-order valence-corrected chi connectivity index (χ2v) is 8.11. The molecule has 0 radical (unpaired) electrons. The Hall–Kier alpha value is -2.24. The molecule has 28 heavy (non-hydrogen) atoms. The average Bonchev–Trinajstić information content (AvgIpc) is 3.19. The summed E-state index contributed by atoms with van der Waals surface area (Å²) in [7, 11) is 0. The van der Waals surface area contributed by atoms with Gasteiger partial charge in [-0.25, -0.2) is 0 Å². The molecule has 0 aliphatic heterocycles. The van der Waals surface area contributed by atoms with Crippen LogP contribution in [0.25, 0.3) is 5.69 Å². The zero-order chi connectivity index (χ0) is 19.6. The van der Waals surface area contributed by atoms with Crippen LogP contribution in [0.3, 0.4) is 0 Å². The van der Waals surface area contributed by atoms with Gasteiger partial charge in [0.25, 0.3) is 0 Å². The van der Waals surface area contributed by atoms with E-state index in [0.717, 1.165) is 48.3 Å². The van der Waals surface area contributed by atoms with Gasteiger partial charge < -0.3 is 0 Å². The lowest BCUT2D eigenvalue weighted by atomic mass is 9.81. The quantitative estimate of drug-likeness (QED) is 0.526. The van der Waals surface area contributed by atoms with Gasteiger partial charge in [-0.2, -0.15) is 4.68 Å². The Bertz CT molecular complexity index is 1010. The lowest BCUT2D eigenvalue weighted by molar-refractivity contribution is 0.286. The topological polar surface area (TPSA) is 56.0 Å². The van der Waals surface area contributed by atoms with E-state index >= 15 is 0 Å². The predicted molar refractivity (Wildman–Crippen MR) is 113 cm³/mol. The molecule has 0 saturated heterocycles. The van der Waals surface area contributed by atoms with E-state index in [-0.39, 0.29) is 0 Å². The number of aromatic nitrogens is 4. The van der Waals surface area contributed by atoms with Crippen molar-refractivity contribution >= 4 is 29.4 Å². The van der Waals surface area contributed by atoms with Crippen LogP contribution in [-0.4, -0.2) is 26.4 Å². The number of hydrogen-bond acceptors (Lipinski definition) is 4. The normalized spacial score (nSPS) is 16.5. The highest BCUT2D eigenvalue weighted by Crippen LogP contribution is 2.40. The van der Waals surface area contributed by atoms with Crippen molar-refractivity contribution in [3.05, 3.63) is 69.5 Å². The molecule has 1 aromatic heterocycles. The Morgan fingerprint density at radius 3 is 2.64 bits per heavy atom. The standard InChI is InChI=1S/C21H21Cl2N5/c1-15-6-5-7-18(12-15)28-20(25-26-27-28)21(10-3-2-4-11-21)24-14-16-8-9-17(22)13-19(16)23/h5-9,12-14H,2-4,10-11H2,1H3. The van der Waals surface area contributed by atoms with E-state index in [1.54, 1.807) is 6.07 Å². The number of nitrogens with zero attached hydrogens (tertiary/aromatic N) is 5. The van der Waals surface area contributed by atoms with Gasteiger partial charge in [0.2, 0.25) is 0 Å². The fraction of sp³-hybridized carbons (Fsp3) is 0.333. The summed E-state index contributed by atoms with van der Waals surface area (Å²) in [5.41, 5.74) is 2.48. The van der Waals surface area contributed by atoms with Gasteiger partial charge in [-0.3, -0.25) is 4.99 Å². The average molecular weight is 414 g/mol. The number of benzene rings is 2. The maximum Gasteiger partial charge on any atom is 0.184 e. The molecule has 144 valence electrons. The molecule has 0 spiro atoms. The first kappa shape index (κ1) is 19.1. The number of aliphatic imine (C=N–C) groups is 1. The summed E-state index contributed by atoms with van der Waals surface area (Å²) >= 11 is 12.4. The second kappa shape index (κ2) is 8.02. The zero-order valence-electron chi connectivity index (χ0n) is 15.6. The summed E-state index contributed by atoms with van der Waals surface area (Å²) < 4.78 is 1.82. The van der Waals surface area contributed by atoms with Crippen molar-refractivity contribution in [3.8, 4) is 5.69 Å². The van der Waals surface area contributed by atoms with Gasteiger partial charge in [-0.05, 0) is 60.0 Å². The molecule has 0 atom stereocenters. The van der Waals surface area contributed by atoms with Crippen LogP contribution in [0.15, 0.2) is 47.5 Å². The highest BCUT2D eigenvalue weighted by atomic mass is 35.5. The van der Waals surface area contributed by atoms with Crippen LogP contribution in [-0.2, 0) is 5.54 Å². The van der Waals surface area contributed by atoms with E-state index in [1.807, 2.05) is 35.2 Å². The van der Waals surface area contributed by atoms with E-state index < -0.39 is 5.54 Å². The van der Waals surface area contributed by atoms with Gasteiger partial charge in [0, 0.05) is 16.8 Å². The fourth-order valence-corrected chi connectivity index (χ4v) is 4.21. The van der Waals surface area contributed by atoms with Gasteiger partial charge in [-0.15, -0.1) is 5.10 Å². The third-order valence-corrected chi connectivity index (χ3v) is 5.79. The SMILES string of the molecule is Cc1cccc(-n2nnnc2C2(N=Cc3ccc(Cl)cc3Cl)CCCCC2)c1. The van der Waals surface area contributed by atoms with Crippen molar-refractivity contribution < 1.29 is 0 Å². The first-order valence-corrected chi connectivity index (χ1v) is 10.2. The molecule has 0 unspecified atom stereocenters. The molecule has 1 heterocycles. The molecule has 0 bridgehead atoms. The minimum atomic E-state index is -0.464. The van der Waals surface area contributed by atoms with Crippen LogP contribution in [0.4, 0.5) is 0 Å². The van der Waals surface area contributed by atoms with Gasteiger partial charge in [0.15, 0.2) is 5.82 Å². The number of halogens is 2. The molecule has 0 N–H and O–H groups in total. The van der Waals surface area contributed by atoms with Crippen LogP contribution < -0.4 is 0 Å². The number of hydrogen-bond donors (Lipinski definition) is 0. The van der Waals surface area contributed by atoms with Gasteiger partial charge >= 0.3 is 0 Å². The maximum absolute atomic E-state index is 6.34. The predicted octanol–water partition coefficient (Wildman–Crippen LogP) is 5.56. The number of rotatable bonds is 4. The fourth-order valence-electron chi connectivity index (χ4n) is 3.76. The van der Waals surface area contributed by atoms with Crippen LogP contribution in [0.1, 0.15) is 49.1 Å². The van der Waals surface area contributed by atoms with Gasteiger partial charge in [0.1, 0.15) is 5.54 Å². The van der Waals surface area contributed by atoms with Crippen LogP contribution >= 0.6 is 23.2 Å². The lowest BCUT2D eigenvalue weighted by Crippen LogP contribution is -2.31. The molecule has 2 aromatic carbocycles. The van der Waals surface area contributed by atoms with Crippen molar-refractivity contribution in [2.24, 2.45) is 4.99 Å². The summed E-state index contributed by atoms with van der Waals surface area (Å²) in [5, 5.41) is 13.8. The van der Waals surface area contributed by atoms with E-state index in [9.17, 15) is 0 Å². The third kappa shape index (κ3) is 3.82. The van der Waals surface area contributed by atoms with Crippen molar-refractivity contribution in [2.45, 2.75) is 44.6 Å². The Morgan fingerprint density at radius 1 is 1.07 bits per heavy atom. The Morgan fingerprint density at radius 2 is 1.89 bits per heavy atom. The Labute approximate surface area is 174 Å². The highest BCUT2D eigenvalue weighted by Gasteiger charge is 2.38. The molecular formula is C21H21Cl2N5. The summed E-state index contributed by atoms with van der Waals surface area (Å²) in [5.74, 6) is 0.777. The van der Waals surface area contributed by atoms with Gasteiger partial charge in [-0.1, -0.05) is 60.7 Å². The Kier molecular flexibility index (Phi) is 5.47. The smallest absolute Gasteiger partial charge is 0.184 e. The van der Waals surface area contributed by atoms with Crippen LogP contribution in [0, 0.1) is 6.92 Å². The van der Waals surface area contributed by atoms with E-state index in [1.165, 1.54) is 6.42 Å². The van der Waals surface area contributed by atoms with Crippen molar-refractivity contribution in [3.63, 3.8) is 0 Å². The molecule has 1 aliphatic carbocycles. The largest absolute Gasteiger partial charge is 0.278 e. The first-order valence-electron chi connectivity index (χ1n) is 9.44. The molecule has 1 aliphatic rings. The van der Waals surface area contributed by atoms with Crippen molar-refractivity contribution in [1.29, 1.82) is 0 Å². The van der Waals surface area contributed by atoms with Crippen LogP contribution in [0.5, 0.6) is 0 Å². The Balaban J connectivity index is 1.77. The summed E-state index contributed by atoms with van der Waals surface area (Å²) in [6, 6.07) is 13.6. The highest BCUT2D eigenvalue weighted by molar-refractivity contribution is 6.36. The first-order chi connectivity index (χ1) is 13.6. The monoisotopic (exact) mass is 413 g/mol. The van der Waals surface area contributed by atoms with E-state index in [2.05, 4.69) is 34.6 Å². The molecule has 1 fully saturated rings. The third-order valence-electron chi connectivity index (χ3n) is 5.23. The summed E-state index contributed by atoms with van der Waals surface area (Å²) in [6.45, 7) is 2.06. The molecule has 3 aromatic rings. The number of tetrazole rings is 1. The van der Waals surface area contributed by atoms with Crippen molar-refractivity contribution in [1.82, 2.24) is 20.2 Å². The number of aryl methyl sites for hydroxylation is 1. The molecule has 5 nitrogen and oxygen atoms in total. The lowest BCUT2D eigenvalue weighted by Gasteiger charge is -2.32. The van der Waals surface area contributed by atoms with Crippen molar-refractivity contribution in [2.75, 3.05) is 0 Å². The minimum Gasteiger partial charge on any atom is -0.278 e. The molecule has 0 amide bonds. The second-order valence-electron chi connectivity index (χ2n) is 7.27. The van der Waals surface area contributed by atoms with Crippen LogP contribution in [0.2, 0.25) is 10.0 Å². The molecule has 7 heteroatoms. The van der Waals surface area contributed by atoms with E-state index in [4.69, 9.17) is 28.2 Å². The molecular weight excluding hydrogens is 393 g/mol. The molecule has 4 rings (SSSR count). The summed E-state index contributed by atoms with van der Waals surface area (Å²) in [4.78, 5) is 5.01. The van der Waals surface area contributed by atoms with E-state index in [0.29, 0.717) is 10.0 Å². The summed E-state index contributed by atoms with van der Waals surface area (Å²) in [6.07, 6.45) is 7.02. The maximum atomic E-state index is 6.34.